The van der Waals surface area contributed by atoms with Gasteiger partial charge in [0, 0.05) is 6.04 Å². The van der Waals surface area contributed by atoms with Crippen LogP contribution in [0.4, 0.5) is 13.2 Å². The predicted octanol–water partition coefficient (Wildman–Crippen LogP) is 4.29. The van der Waals surface area contributed by atoms with Crippen LogP contribution in [-0.4, -0.2) is 31.0 Å². The maximum Gasteiger partial charge on any atom is 0.414 e. The van der Waals surface area contributed by atoms with Gasteiger partial charge in [-0.3, -0.25) is 0 Å². The van der Waals surface area contributed by atoms with E-state index in [1.165, 1.54) is 0 Å². The maximum absolute atomic E-state index is 12.7. The summed E-state index contributed by atoms with van der Waals surface area (Å²) in [5.41, 5.74) is 0. The van der Waals surface area contributed by atoms with Crippen molar-refractivity contribution in [2.45, 2.75) is 83.7 Å². The molecule has 5 heteroatoms. The third-order valence-electron chi connectivity index (χ3n) is 4.09. The van der Waals surface area contributed by atoms with Gasteiger partial charge in [-0.05, 0) is 45.1 Å². The van der Waals surface area contributed by atoms with E-state index in [9.17, 15) is 13.2 Å². The summed E-state index contributed by atoms with van der Waals surface area (Å²) >= 11 is 0. The smallest absolute Gasteiger partial charge is 0.364 e. The first kappa shape index (κ1) is 17.8. The second kappa shape index (κ2) is 8.23. The highest BCUT2D eigenvalue weighted by Crippen LogP contribution is 2.33. The van der Waals surface area contributed by atoms with Gasteiger partial charge in [-0.1, -0.05) is 26.7 Å². The fourth-order valence-electron chi connectivity index (χ4n) is 2.94. The Labute approximate surface area is 120 Å². The first-order valence-corrected chi connectivity index (χ1v) is 7.84. The van der Waals surface area contributed by atoms with Gasteiger partial charge in [-0.25, -0.2) is 0 Å². The lowest BCUT2D eigenvalue weighted by Crippen LogP contribution is -2.48. The topological polar surface area (TPSA) is 21.3 Å². The molecule has 4 unspecified atom stereocenters. The molecule has 0 aliphatic heterocycles. The van der Waals surface area contributed by atoms with Gasteiger partial charge in [-0.15, -0.1) is 0 Å². The Bertz CT molecular complexity index is 270. The van der Waals surface area contributed by atoms with Crippen molar-refractivity contribution in [1.82, 2.24) is 5.32 Å². The Balaban J connectivity index is 2.61. The van der Waals surface area contributed by atoms with E-state index in [-0.39, 0.29) is 12.1 Å². The van der Waals surface area contributed by atoms with Gasteiger partial charge >= 0.3 is 6.18 Å². The number of alkyl halides is 3. The molecule has 0 aromatic carbocycles. The molecule has 0 amide bonds. The molecule has 4 atom stereocenters. The molecule has 1 aliphatic carbocycles. The van der Waals surface area contributed by atoms with Crippen LogP contribution in [0.2, 0.25) is 0 Å². The number of hydrogen-bond acceptors (Lipinski definition) is 2. The highest BCUT2D eigenvalue weighted by molar-refractivity contribution is 4.86. The summed E-state index contributed by atoms with van der Waals surface area (Å²) in [6.07, 6.45) is -0.364. The number of hydrogen-bond donors (Lipinski definition) is 1. The molecule has 0 spiro atoms. The van der Waals surface area contributed by atoms with E-state index in [1.54, 1.807) is 0 Å². The second-order valence-electron chi connectivity index (χ2n) is 5.89. The number of ether oxygens (including phenoxy) is 1. The molecule has 20 heavy (non-hydrogen) atoms. The molecule has 1 N–H and O–H groups in total. The molecular weight excluding hydrogens is 267 g/mol. The third-order valence-corrected chi connectivity index (χ3v) is 4.09. The predicted molar refractivity (Wildman–Crippen MR) is 74.7 cm³/mol. The van der Waals surface area contributed by atoms with Crippen molar-refractivity contribution < 1.29 is 17.9 Å². The van der Waals surface area contributed by atoms with Crippen LogP contribution in [0.1, 0.15) is 59.3 Å². The lowest BCUT2D eigenvalue weighted by atomic mass is 9.81. The molecular formula is C15H28F3NO. The van der Waals surface area contributed by atoms with Gasteiger partial charge < -0.3 is 10.1 Å². The lowest BCUT2D eigenvalue weighted by Gasteiger charge is -2.38. The zero-order chi connectivity index (χ0) is 15.2. The molecule has 1 saturated carbocycles. The van der Waals surface area contributed by atoms with Crippen molar-refractivity contribution in [1.29, 1.82) is 0 Å². The fraction of sp³-hybridized carbons (Fsp3) is 1.00. The van der Waals surface area contributed by atoms with Gasteiger partial charge in [0.25, 0.3) is 0 Å². The highest BCUT2D eigenvalue weighted by Gasteiger charge is 2.41. The Morgan fingerprint density at radius 1 is 1.20 bits per heavy atom. The average Bonchev–Trinajstić information content (AvgIpc) is 2.37. The number of nitrogens with one attached hydrogen (secondary N) is 1. The van der Waals surface area contributed by atoms with E-state index in [4.69, 9.17) is 4.74 Å². The number of rotatable bonds is 7. The van der Waals surface area contributed by atoms with Gasteiger partial charge in [-0.2, -0.15) is 13.2 Å². The van der Waals surface area contributed by atoms with Crippen LogP contribution in [0.25, 0.3) is 0 Å². The Morgan fingerprint density at radius 2 is 1.90 bits per heavy atom. The van der Waals surface area contributed by atoms with Crippen molar-refractivity contribution in [2.75, 3.05) is 6.54 Å². The molecule has 2 nitrogen and oxygen atoms in total. The summed E-state index contributed by atoms with van der Waals surface area (Å²) in [6, 6.07) is 0.0628. The van der Waals surface area contributed by atoms with Crippen molar-refractivity contribution in [3.63, 3.8) is 0 Å². The fourth-order valence-corrected chi connectivity index (χ4v) is 2.94. The normalized spacial score (nSPS) is 29.4. The molecule has 1 fully saturated rings. The second-order valence-corrected chi connectivity index (χ2v) is 5.89. The van der Waals surface area contributed by atoms with Crippen LogP contribution < -0.4 is 5.32 Å². The molecule has 1 aliphatic rings. The quantitative estimate of drug-likeness (QED) is 0.756. The van der Waals surface area contributed by atoms with Crippen LogP contribution in [0.15, 0.2) is 0 Å². The van der Waals surface area contributed by atoms with Crippen LogP contribution in [0, 0.1) is 5.92 Å². The van der Waals surface area contributed by atoms with Crippen LogP contribution in [-0.2, 0) is 4.74 Å². The molecule has 0 saturated heterocycles. The molecule has 0 aromatic heterocycles. The summed E-state index contributed by atoms with van der Waals surface area (Å²) in [5.74, 6) is 0.505. The minimum absolute atomic E-state index is 0.0628. The summed E-state index contributed by atoms with van der Waals surface area (Å²) in [6.45, 7) is 6.13. The van der Waals surface area contributed by atoms with Crippen LogP contribution in [0.5, 0.6) is 0 Å². The molecule has 0 bridgehead atoms. The summed E-state index contributed by atoms with van der Waals surface area (Å²) in [5, 5.41) is 3.35. The van der Waals surface area contributed by atoms with E-state index in [0.717, 1.165) is 52.0 Å². The van der Waals surface area contributed by atoms with Gasteiger partial charge in [0.05, 0.1) is 6.10 Å². The van der Waals surface area contributed by atoms with E-state index >= 15 is 0 Å². The average molecular weight is 295 g/mol. The molecule has 0 radical (unpaired) electrons. The summed E-state index contributed by atoms with van der Waals surface area (Å²) in [7, 11) is 0. The summed E-state index contributed by atoms with van der Waals surface area (Å²) < 4.78 is 43.4. The standard InChI is InChI=1S/C15H28F3NO/c1-4-6-12-7-8-13(19-9-5-2)14(10-12)20-11(3)15(16,17)18/h11-14,19H,4-10H2,1-3H3. The Kier molecular flexibility index (Phi) is 7.30. The summed E-state index contributed by atoms with van der Waals surface area (Å²) in [4.78, 5) is 0. The zero-order valence-electron chi connectivity index (χ0n) is 12.8. The first-order chi connectivity index (χ1) is 9.38. The van der Waals surface area contributed by atoms with Crippen LogP contribution >= 0.6 is 0 Å². The first-order valence-electron chi connectivity index (χ1n) is 7.84. The molecule has 0 heterocycles. The van der Waals surface area contributed by atoms with Crippen molar-refractivity contribution in [3.8, 4) is 0 Å². The van der Waals surface area contributed by atoms with Gasteiger partial charge in [0.15, 0.2) is 6.10 Å². The molecule has 0 aromatic rings. The highest BCUT2D eigenvalue weighted by atomic mass is 19.4. The molecule has 1 rings (SSSR count). The van der Waals surface area contributed by atoms with E-state index in [1.807, 2.05) is 0 Å². The minimum atomic E-state index is -4.27. The molecule has 120 valence electrons. The number of halogens is 3. The SMILES string of the molecule is CCCNC1CCC(CCC)CC1OC(C)C(F)(F)F. The monoisotopic (exact) mass is 295 g/mol. The van der Waals surface area contributed by atoms with Gasteiger partial charge in [0.2, 0.25) is 0 Å². The largest absolute Gasteiger partial charge is 0.414 e. The van der Waals surface area contributed by atoms with Gasteiger partial charge in [0.1, 0.15) is 0 Å². The lowest BCUT2D eigenvalue weighted by molar-refractivity contribution is -0.233. The van der Waals surface area contributed by atoms with Crippen molar-refractivity contribution in [3.05, 3.63) is 0 Å². The third kappa shape index (κ3) is 5.60. The van der Waals surface area contributed by atoms with Crippen molar-refractivity contribution >= 4 is 0 Å². The zero-order valence-corrected chi connectivity index (χ0v) is 12.8. The minimum Gasteiger partial charge on any atom is -0.364 e. The Hall–Kier alpha value is -0.290. The van der Waals surface area contributed by atoms with Crippen LogP contribution in [0.3, 0.4) is 0 Å². The van der Waals surface area contributed by atoms with Crippen molar-refractivity contribution in [2.24, 2.45) is 5.92 Å². The van der Waals surface area contributed by atoms with E-state index in [0.29, 0.717) is 5.92 Å². The Morgan fingerprint density at radius 3 is 2.45 bits per heavy atom. The maximum atomic E-state index is 12.7. The van der Waals surface area contributed by atoms with E-state index < -0.39 is 12.3 Å². The van der Waals surface area contributed by atoms with E-state index in [2.05, 4.69) is 19.2 Å².